The number of ether oxygens (including phenoxy) is 1. The highest BCUT2D eigenvalue weighted by Crippen LogP contribution is 2.01. The lowest BCUT2D eigenvalue weighted by atomic mass is 10.3. The predicted molar refractivity (Wildman–Crippen MR) is 65.7 cm³/mol. The van der Waals surface area contributed by atoms with Gasteiger partial charge in [-0.3, -0.25) is 4.79 Å². The molecule has 1 amide bonds. The van der Waals surface area contributed by atoms with Crippen LogP contribution in [0.25, 0.3) is 5.78 Å². The van der Waals surface area contributed by atoms with Gasteiger partial charge in [0.1, 0.15) is 0 Å². The molecule has 19 heavy (non-hydrogen) atoms. The first kappa shape index (κ1) is 13.4. The summed E-state index contributed by atoms with van der Waals surface area (Å²) < 4.78 is 6.25. The second-order valence-corrected chi connectivity index (χ2v) is 4.05. The highest BCUT2D eigenvalue weighted by atomic mass is 16.5. The van der Waals surface area contributed by atoms with Gasteiger partial charge in [-0.1, -0.05) is 0 Å². The second-order valence-electron chi connectivity index (χ2n) is 4.05. The summed E-state index contributed by atoms with van der Waals surface area (Å²) in [6, 6.07) is 1.77. The van der Waals surface area contributed by atoms with E-state index in [2.05, 4.69) is 20.4 Å². The molecule has 0 aliphatic heterocycles. The van der Waals surface area contributed by atoms with Crippen molar-refractivity contribution < 1.29 is 14.6 Å². The van der Waals surface area contributed by atoms with Crippen molar-refractivity contribution in [2.24, 2.45) is 0 Å². The number of aryl methyl sites for hydroxylation is 1. The number of nitrogens with one attached hydrogen (secondary N) is 1. The van der Waals surface area contributed by atoms with Gasteiger partial charge in [0.15, 0.2) is 0 Å². The zero-order valence-corrected chi connectivity index (χ0v) is 10.7. The van der Waals surface area contributed by atoms with Crippen LogP contribution in [0.5, 0.6) is 0 Å². The molecule has 102 valence electrons. The maximum absolute atomic E-state index is 11.8. The Bertz CT molecular complexity index is 583. The summed E-state index contributed by atoms with van der Waals surface area (Å²) in [5.74, 6) is -0.0749. The maximum atomic E-state index is 11.8. The van der Waals surface area contributed by atoms with Crippen LogP contribution in [0.2, 0.25) is 0 Å². The number of methoxy groups -OCH3 is 1. The van der Waals surface area contributed by atoms with E-state index >= 15 is 0 Å². The monoisotopic (exact) mass is 265 g/mol. The Labute approximate surface area is 109 Å². The molecule has 0 bridgehead atoms. The summed E-state index contributed by atoms with van der Waals surface area (Å²) in [5.41, 5.74) is 0.830. The lowest BCUT2D eigenvalue weighted by Crippen LogP contribution is -2.34. The van der Waals surface area contributed by atoms with E-state index < -0.39 is 12.0 Å². The van der Waals surface area contributed by atoms with Crippen molar-refractivity contribution in [1.29, 1.82) is 0 Å². The Morgan fingerprint density at radius 3 is 3.11 bits per heavy atom. The van der Waals surface area contributed by atoms with Gasteiger partial charge in [0, 0.05) is 25.5 Å². The third kappa shape index (κ3) is 3.04. The van der Waals surface area contributed by atoms with E-state index in [-0.39, 0.29) is 19.0 Å². The average Bonchev–Trinajstić information content (AvgIpc) is 2.82. The number of amides is 1. The number of nitrogens with zero attached hydrogens (tertiary/aromatic N) is 4. The van der Waals surface area contributed by atoms with Gasteiger partial charge in [-0.05, 0) is 13.0 Å². The summed E-state index contributed by atoms with van der Waals surface area (Å²) in [6.07, 6.45) is 0.842. The van der Waals surface area contributed by atoms with Crippen LogP contribution in [0, 0.1) is 6.92 Å². The molecule has 0 aromatic carbocycles. The predicted octanol–water partition coefficient (Wildman–Crippen LogP) is -0.830. The number of carbonyl (C=O) groups excluding carboxylic acids is 1. The van der Waals surface area contributed by atoms with Crippen LogP contribution in [0.3, 0.4) is 0 Å². The molecule has 0 radical (unpaired) electrons. The Kier molecular flexibility index (Phi) is 4.03. The quantitative estimate of drug-likeness (QED) is 0.731. The zero-order chi connectivity index (χ0) is 13.8. The van der Waals surface area contributed by atoms with E-state index in [1.165, 1.54) is 11.6 Å². The number of rotatable bonds is 5. The first-order valence-electron chi connectivity index (χ1n) is 5.75. The fourth-order valence-corrected chi connectivity index (χ4v) is 1.54. The van der Waals surface area contributed by atoms with Crippen LogP contribution < -0.4 is 5.32 Å². The minimum absolute atomic E-state index is 0.0198. The summed E-state index contributed by atoms with van der Waals surface area (Å²) in [7, 11) is 1.48. The third-order valence-electron chi connectivity index (χ3n) is 2.49. The van der Waals surface area contributed by atoms with E-state index in [4.69, 9.17) is 4.74 Å². The molecule has 0 saturated heterocycles. The van der Waals surface area contributed by atoms with Crippen molar-refractivity contribution >= 4 is 11.7 Å². The van der Waals surface area contributed by atoms with E-state index in [1.54, 1.807) is 12.3 Å². The molecule has 1 atom stereocenters. The molecular weight excluding hydrogens is 250 g/mol. The second kappa shape index (κ2) is 5.72. The van der Waals surface area contributed by atoms with Gasteiger partial charge in [-0.15, -0.1) is 5.10 Å². The average molecular weight is 265 g/mol. The molecular formula is C11H15N5O3. The van der Waals surface area contributed by atoms with Crippen LogP contribution in [0.15, 0.2) is 12.3 Å². The molecule has 0 aliphatic carbocycles. The molecule has 0 saturated carbocycles. The van der Waals surface area contributed by atoms with Gasteiger partial charge in [-0.2, -0.15) is 4.98 Å². The largest absolute Gasteiger partial charge is 0.389 e. The molecule has 2 heterocycles. The van der Waals surface area contributed by atoms with Gasteiger partial charge in [-0.25, -0.2) is 9.50 Å². The summed E-state index contributed by atoms with van der Waals surface area (Å²) in [4.78, 5) is 19.8. The van der Waals surface area contributed by atoms with E-state index in [0.29, 0.717) is 5.78 Å². The van der Waals surface area contributed by atoms with Crippen molar-refractivity contribution in [2.75, 3.05) is 20.3 Å². The standard InChI is InChI=1S/C11H15N5O3/c1-7-3-4-12-11-14-9(15-16(7)11)10(18)13-5-8(17)6-19-2/h3-4,8,17H,5-6H2,1-2H3,(H,13,18). The highest BCUT2D eigenvalue weighted by molar-refractivity contribution is 5.90. The topological polar surface area (TPSA) is 102 Å². The molecule has 2 rings (SSSR count). The Balaban J connectivity index is 2.07. The number of hydrogen-bond acceptors (Lipinski definition) is 6. The van der Waals surface area contributed by atoms with E-state index in [9.17, 15) is 9.90 Å². The lowest BCUT2D eigenvalue weighted by molar-refractivity contribution is 0.0607. The number of fused-ring (bicyclic) bond motifs is 1. The smallest absolute Gasteiger partial charge is 0.291 e. The maximum Gasteiger partial charge on any atom is 0.291 e. The van der Waals surface area contributed by atoms with Gasteiger partial charge in [0.2, 0.25) is 5.82 Å². The fraction of sp³-hybridized carbons (Fsp3) is 0.455. The minimum atomic E-state index is -0.758. The molecule has 2 aromatic rings. The highest BCUT2D eigenvalue weighted by Gasteiger charge is 2.15. The van der Waals surface area contributed by atoms with Crippen LogP contribution in [0.1, 0.15) is 16.3 Å². The van der Waals surface area contributed by atoms with E-state index in [0.717, 1.165) is 5.69 Å². The zero-order valence-electron chi connectivity index (χ0n) is 10.7. The summed E-state index contributed by atoms with van der Waals surface area (Å²) in [5, 5.41) is 16.0. The van der Waals surface area contributed by atoms with Gasteiger partial charge >= 0.3 is 0 Å². The fourth-order valence-electron chi connectivity index (χ4n) is 1.54. The Morgan fingerprint density at radius 2 is 2.42 bits per heavy atom. The number of aliphatic hydroxyl groups excluding tert-OH is 1. The lowest BCUT2D eigenvalue weighted by Gasteiger charge is -2.09. The Hall–Kier alpha value is -2.06. The number of aliphatic hydroxyl groups is 1. The Morgan fingerprint density at radius 1 is 1.63 bits per heavy atom. The van der Waals surface area contributed by atoms with E-state index in [1.807, 2.05) is 6.92 Å². The van der Waals surface area contributed by atoms with Crippen LogP contribution in [-0.2, 0) is 4.74 Å². The van der Waals surface area contributed by atoms with Crippen LogP contribution >= 0.6 is 0 Å². The summed E-state index contributed by atoms with van der Waals surface area (Å²) >= 11 is 0. The SMILES string of the molecule is COCC(O)CNC(=O)c1nc2nccc(C)n2n1. The van der Waals surface area contributed by atoms with Crippen LogP contribution in [-0.4, -0.2) is 57.0 Å². The van der Waals surface area contributed by atoms with Crippen molar-refractivity contribution in [3.8, 4) is 0 Å². The first-order valence-corrected chi connectivity index (χ1v) is 5.75. The summed E-state index contributed by atoms with van der Waals surface area (Å²) in [6.45, 7) is 2.07. The molecule has 8 heteroatoms. The van der Waals surface area contributed by atoms with Crippen molar-refractivity contribution in [3.05, 3.63) is 23.8 Å². The van der Waals surface area contributed by atoms with Crippen molar-refractivity contribution in [2.45, 2.75) is 13.0 Å². The van der Waals surface area contributed by atoms with Crippen molar-refractivity contribution in [3.63, 3.8) is 0 Å². The molecule has 0 aliphatic rings. The number of aromatic nitrogens is 4. The first-order chi connectivity index (χ1) is 9.11. The normalized spacial score (nSPS) is 12.6. The molecule has 2 N–H and O–H groups in total. The molecule has 1 unspecified atom stereocenters. The molecule has 2 aromatic heterocycles. The molecule has 0 spiro atoms. The minimum Gasteiger partial charge on any atom is -0.389 e. The number of hydrogen-bond donors (Lipinski definition) is 2. The van der Waals surface area contributed by atoms with Gasteiger partial charge in [0.05, 0.1) is 12.7 Å². The third-order valence-corrected chi connectivity index (χ3v) is 2.49. The molecule has 0 fully saturated rings. The molecule has 8 nitrogen and oxygen atoms in total. The van der Waals surface area contributed by atoms with Gasteiger partial charge < -0.3 is 15.2 Å². The van der Waals surface area contributed by atoms with Crippen LogP contribution in [0.4, 0.5) is 0 Å². The van der Waals surface area contributed by atoms with Crippen molar-refractivity contribution in [1.82, 2.24) is 24.9 Å². The van der Waals surface area contributed by atoms with Gasteiger partial charge in [0.25, 0.3) is 11.7 Å². The number of carbonyl (C=O) groups is 1.